The highest BCUT2D eigenvalue weighted by Gasteiger charge is 2.08. The van der Waals surface area contributed by atoms with Crippen molar-refractivity contribution in [3.8, 4) is 5.75 Å². The summed E-state index contributed by atoms with van der Waals surface area (Å²) in [6.45, 7) is 2.74. The number of carboxylic acid groups (broad SMARTS) is 1. The number of benzene rings is 2. The fourth-order valence-electron chi connectivity index (χ4n) is 1.79. The molecule has 2 aromatic carbocycles. The Morgan fingerprint density at radius 2 is 1.85 bits per heavy atom. The Labute approximate surface area is 118 Å². The largest absolute Gasteiger partial charge is 0.494 e. The van der Waals surface area contributed by atoms with Gasteiger partial charge in [0.25, 0.3) is 0 Å². The zero-order valence-electron chi connectivity index (χ0n) is 11.3. The van der Waals surface area contributed by atoms with Crippen LogP contribution in [-0.4, -0.2) is 17.7 Å². The maximum atomic E-state index is 11.1. The summed E-state index contributed by atoms with van der Waals surface area (Å²) in [4.78, 5) is 11.1. The first-order valence-corrected chi connectivity index (χ1v) is 6.53. The zero-order chi connectivity index (χ0) is 14.4. The molecule has 0 saturated heterocycles. The molecule has 0 aromatic heterocycles. The first-order chi connectivity index (χ1) is 9.70. The van der Waals surface area contributed by atoms with Crippen LogP contribution in [0.5, 0.6) is 5.75 Å². The quantitative estimate of drug-likeness (QED) is 0.836. The summed E-state index contributed by atoms with van der Waals surface area (Å²) in [5, 5.41) is 12.2. The third kappa shape index (κ3) is 3.51. The minimum absolute atomic E-state index is 0.249. The van der Waals surface area contributed by atoms with E-state index in [1.54, 1.807) is 24.3 Å². The van der Waals surface area contributed by atoms with E-state index in [0.29, 0.717) is 12.3 Å². The molecule has 0 spiro atoms. The molecule has 0 saturated carbocycles. The van der Waals surface area contributed by atoms with Crippen molar-refractivity contribution in [2.24, 2.45) is 0 Å². The van der Waals surface area contributed by atoms with Gasteiger partial charge in [-0.1, -0.05) is 19.1 Å². The molecular weight excluding hydrogens is 254 g/mol. The van der Waals surface area contributed by atoms with Crippen LogP contribution in [0.2, 0.25) is 0 Å². The molecule has 0 fully saturated rings. The third-order valence-electron chi connectivity index (χ3n) is 2.76. The van der Waals surface area contributed by atoms with Gasteiger partial charge < -0.3 is 15.2 Å². The van der Waals surface area contributed by atoms with E-state index in [1.807, 2.05) is 24.3 Å². The van der Waals surface area contributed by atoms with Crippen LogP contribution in [0, 0.1) is 0 Å². The Morgan fingerprint density at radius 3 is 2.50 bits per heavy atom. The lowest BCUT2D eigenvalue weighted by Gasteiger charge is -2.10. The molecule has 0 atom stereocenters. The van der Waals surface area contributed by atoms with Crippen LogP contribution < -0.4 is 10.1 Å². The lowest BCUT2D eigenvalue weighted by atomic mass is 10.1. The van der Waals surface area contributed by atoms with Crippen molar-refractivity contribution in [1.82, 2.24) is 0 Å². The minimum atomic E-state index is -0.948. The number of ether oxygens (including phenoxy) is 1. The van der Waals surface area contributed by atoms with Crippen LogP contribution >= 0.6 is 0 Å². The maximum absolute atomic E-state index is 11.1. The van der Waals surface area contributed by atoms with Gasteiger partial charge in [-0.15, -0.1) is 0 Å². The predicted octanol–water partition coefficient (Wildman–Crippen LogP) is 3.92. The Balaban J connectivity index is 2.12. The van der Waals surface area contributed by atoms with Gasteiger partial charge in [-0.25, -0.2) is 4.79 Å². The molecule has 104 valence electrons. The molecule has 4 heteroatoms. The van der Waals surface area contributed by atoms with Gasteiger partial charge in [-0.3, -0.25) is 0 Å². The van der Waals surface area contributed by atoms with E-state index in [0.717, 1.165) is 17.9 Å². The van der Waals surface area contributed by atoms with Gasteiger partial charge in [-0.2, -0.15) is 0 Å². The number of carbonyl (C=O) groups is 1. The number of para-hydroxylation sites is 1. The van der Waals surface area contributed by atoms with Crippen molar-refractivity contribution in [3.05, 3.63) is 54.1 Å². The van der Waals surface area contributed by atoms with Crippen LogP contribution in [0.4, 0.5) is 11.4 Å². The average Bonchev–Trinajstić information content (AvgIpc) is 2.47. The lowest BCUT2D eigenvalue weighted by molar-refractivity contribution is 0.0698. The van der Waals surface area contributed by atoms with Gasteiger partial charge in [0.2, 0.25) is 0 Å². The fourth-order valence-corrected chi connectivity index (χ4v) is 1.79. The van der Waals surface area contributed by atoms with Crippen molar-refractivity contribution in [3.63, 3.8) is 0 Å². The van der Waals surface area contributed by atoms with Crippen LogP contribution in [0.3, 0.4) is 0 Å². The second-order valence-electron chi connectivity index (χ2n) is 4.35. The number of hydrogen-bond acceptors (Lipinski definition) is 3. The number of hydrogen-bond donors (Lipinski definition) is 2. The first-order valence-electron chi connectivity index (χ1n) is 6.53. The lowest BCUT2D eigenvalue weighted by Crippen LogP contribution is -2.02. The van der Waals surface area contributed by atoms with Crippen molar-refractivity contribution in [2.75, 3.05) is 11.9 Å². The first kappa shape index (κ1) is 13.9. The Morgan fingerprint density at radius 1 is 1.15 bits per heavy atom. The number of aromatic carboxylic acids is 1. The number of nitrogens with one attached hydrogen (secondary N) is 1. The number of carboxylic acids is 1. The molecule has 0 bridgehead atoms. The van der Waals surface area contributed by atoms with Crippen molar-refractivity contribution in [2.45, 2.75) is 13.3 Å². The van der Waals surface area contributed by atoms with Crippen LogP contribution in [0.15, 0.2) is 48.5 Å². The highest BCUT2D eigenvalue weighted by Crippen LogP contribution is 2.23. The van der Waals surface area contributed by atoms with E-state index < -0.39 is 5.97 Å². The molecule has 0 aliphatic rings. The Bertz CT molecular complexity index is 579. The molecule has 2 N–H and O–H groups in total. The Kier molecular flexibility index (Phi) is 4.60. The summed E-state index contributed by atoms with van der Waals surface area (Å²) >= 11 is 0. The van der Waals surface area contributed by atoms with Gasteiger partial charge in [0.1, 0.15) is 5.75 Å². The highest BCUT2D eigenvalue weighted by atomic mass is 16.5. The summed E-state index contributed by atoms with van der Waals surface area (Å²) in [5.41, 5.74) is 1.64. The third-order valence-corrected chi connectivity index (χ3v) is 2.76. The molecule has 0 amide bonds. The van der Waals surface area contributed by atoms with E-state index in [9.17, 15) is 4.79 Å². The van der Waals surface area contributed by atoms with E-state index in [-0.39, 0.29) is 5.56 Å². The van der Waals surface area contributed by atoms with Crippen molar-refractivity contribution < 1.29 is 14.6 Å². The fraction of sp³-hybridized carbons (Fsp3) is 0.188. The molecule has 0 aliphatic heterocycles. The second kappa shape index (κ2) is 6.61. The van der Waals surface area contributed by atoms with Crippen LogP contribution in [0.25, 0.3) is 0 Å². The van der Waals surface area contributed by atoms with Gasteiger partial charge in [0.05, 0.1) is 17.9 Å². The van der Waals surface area contributed by atoms with Crippen LogP contribution in [-0.2, 0) is 0 Å². The molecule has 0 aliphatic carbocycles. The van der Waals surface area contributed by atoms with Crippen molar-refractivity contribution >= 4 is 17.3 Å². The van der Waals surface area contributed by atoms with Gasteiger partial charge >= 0.3 is 5.97 Å². The number of anilines is 2. The van der Waals surface area contributed by atoms with E-state index in [1.165, 1.54) is 0 Å². The van der Waals surface area contributed by atoms with E-state index in [4.69, 9.17) is 9.84 Å². The second-order valence-corrected chi connectivity index (χ2v) is 4.35. The summed E-state index contributed by atoms with van der Waals surface area (Å²) in [6, 6.07) is 14.3. The highest BCUT2D eigenvalue weighted by molar-refractivity contribution is 5.95. The summed E-state index contributed by atoms with van der Waals surface area (Å²) < 4.78 is 5.50. The van der Waals surface area contributed by atoms with Gasteiger partial charge in [0.15, 0.2) is 0 Å². The molecule has 2 rings (SSSR count). The molecule has 4 nitrogen and oxygen atoms in total. The normalized spacial score (nSPS) is 10.1. The predicted molar refractivity (Wildman–Crippen MR) is 78.9 cm³/mol. The molecule has 20 heavy (non-hydrogen) atoms. The summed E-state index contributed by atoms with van der Waals surface area (Å²) in [5.74, 6) is -0.139. The molecule has 2 aromatic rings. The van der Waals surface area contributed by atoms with E-state index in [2.05, 4.69) is 12.2 Å². The van der Waals surface area contributed by atoms with Crippen LogP contribution in [0.1, 0.15) is 23.7 Å². The monoisotopic (exact) mass is 271 g/mol. The molecule has 0 unspecified atom stereocenters. The maximum Gasteiger partial charge on any atom is 0.337 e. The average molecular weight is 271 g/mol. The Hall–Kier alpha value is -2.49. The standard InChI is InChI=1S/C16H17NO3/c1-2-11-20-13-9-7-12(8-10-13)17-15-6-4-3-5-14(15)16(18)19/h3-10,17H,2,11H2,1H3,(H,18,19). The minimum Gasteiger partial charge on any atom is -0.494 e. The van der Waals surface area contributed by atoms with Gasteiger partial charge in [-0.05, 0) is 42.8 Å². The van der Waals surface area contributed by atoms with Gasteiger partial charge in [0, 0.05) is 5.69 Å². The number of rotatable bonds is 6. The van der Waals surface area contributed by atoms with E-state index >= 15 is 0 Å². The summed E-state index contributed by atoms with van der Waals surface area (Å²) in [7, 11) is 0. The van der Waals surface area contributed by atoms with Crippen molar-refractivity contribution in [1.29, 1.82) is 0 Å². The zero-order valence-corrected chi connectivity index (χ0v) is 11.3. The topological polar surface area (TPSA) is 58.6 Å². The molecular formula is C16H17NO3. The SMILES string of the molecule is CCCOc1ccc(Nc2ccccc2C(=O)O)cc1. The molecule has 0 heterocycles. The molecule has 0 radical (unpaired) electrons. The smallest absolute Gasteiger partial charge is 0.337 e. The summed E-state index contributed by atoms with van der Waals surface area (Å²) in [6.07, 6.45) is 0.964.